The maximum absolute atomic E-state index is 13.4. The third kappa shape index (κ3) is 38.1. The summed E-state index contributed by atoms with van der Waals surface area (Å²) < 4.78 is 34.4. The van der Waals surface area contributed by atoms with Crippen LogP contribution in [-0.2, 0) is 33.2 Å². The molecule has 0 aromatic rings. The van der Waals surface area contributed by atoms with Crippen LogP contribution in [0.15, 0.2) is 85.1 Å². The first kappa shape index (κ1) is 87.2. The van der Waals surface area contributed by atoms with Gasteiger partial charge in [-0.25, -0.2) is 0 Å². The van der Waals surface area contributed by atoms with Gasteiger partial charge in [0.15, 0.2) is 18.9 Å². The van der Waals surface area contributed by atoms with Gasteiger partial charge < -0.3 is 89.9 Å². The summed E-state index contributed by atoms with van der Waals surface area (Å²) in [5.74, 6) is -0.300. The lowest BCUT2D eigenvalue weighted by Crippen LogP contribution is -2.66. The Kier molecular flexibility index (Phi) is 52.3. The predicted octanol–water partition coefficient (Wildman–Crippen LogP) is 11.4. The third-order valence-electron chi connectivity index (χ3n) is 18.5. The highest BCUT2D eigenvalue weighted by atomic mass is 16.8. The molecule has 17 atom stereocenters. The van der Waals surface area contributed by atoms with Gasteiger partial charge in [0.05, 0.1) is 38.6 Å². The molecule has 12 N–H and O–H groups in total. The van der Waals surface area contributed by atoms with E-state index >= 15 is 0 Å². The Balaban J connectivity index is 1.42. The number of aliphatic hydroxyl groups is 11. The second kappa shape index (κ2) is 57.6. The number of aliphatic hydroxyl groups excluding tert-OH is 11. The summed E-state index contributed by atoms with van der Waals surface area (Å²) >= 11 is 0. The van der Waals surface area contributed by atoms with Gasteiger partial charge in [-0.15, -0.1) is 0 Å². The van der Waals surface area contributed by atoms with E-state index in [1.807, 2.05) is 6.08 Å². The molecule has 0 spiro atoms. The first-order chi connectivity index (χ1) is 46.8. The lowest BCUT2D eigenvalue weighted by Gasteiger charge is -2.48. The van der Waals surface area contributed by atoms with Gasteiger partial charge in [-0.05, 0) is 64.2 Å². The Morgan fingerprint density at radius 3 is 1.08 bits per heavy atom. The van der Waals surface area contributed by atoms with Crippen LogP contribution < -0.4 is 5.32 Å². The van der Waals surface area contributed by atoms with Gasteiger partial charge in [0.1, 0.15) is 73.2 Å². The number of ether oxygens (including phenoxy) is 6. The molecule has 96 heavy (non-hydrogen) atoms. The number of hydrogen-bond donors (Lipinski definition) is 12. The number of amides is 1. The molecule has 1 amide bonds. The van der Waals surface area contributed by atoms with Crippen molar-refractivity contribution >= 4 is 5.91 Å². The zero-order valence-corrected chi connectivity index (χ0v) is 59.1. The molecule has 556 valence electrons. The normalized spacial score (nSPS) is 27.5. The third-order valence-corrected chi connectivity index (χ3v) is 18.5. The molecule has 3 aliphatic rings. The van der Waals surface area contributed by atoms with E-state index in [2.05, 4.69) is 98.2 Å². The number of carbonyl (C=O) groups excluding carboxylic acids is 1. The van der Waals surface area contributed by atoms with Gasteiger partial charge in [0.2, 0.25) is 5.91 Å². The van der Waals surface area contributed by atoms with E-state index in [4.69, 9.17) is 28.4 Å². The van der Waals surface area contributed by atoms with Crippen LogP contribution in [0.4, 0.5) is 0 Å². The van der Waals surface area contributed by atoms with Crippen LogP contribution in [0, 0.1) is 0 Å². The minimum atomic E-state index is -1.98. The summed E-state index contributed by atoms with van der Waals surface area (Å²) in [5.41, 5.74) is 0. The Morgan fingerprint density at radius 1 is 0.385 bits per heavy atom. The van der Waals surface area contributed by atoms with Crippen LogP contribution in [0.1, 0.15) is 264 Å². The SMILES string of the molecule is CC/C=C\C/C=C\C/C=C\C/C=C\C/C=C\C/C=C\C/C=C\CCCC(=O)NC(COC1OC(CO)C(OC2OC(CO)C(OC3OC(CO)C(O)C(O)C3O)C(O)C2O)C(O)C1O)C(O)CCCCCCCCCCCCCCCCCCCCCCCCCCCCCC. The standard InChI is InChI=1S/C77H135NO18/c1-3-5-7-9-11-13-15-17-19-21-23-25-27-28-29-30-31-33-34-36-38-40-42-44-46-48-50-52-54-61(82)60(78-65(83)55-53-51-49-47-45-43-41-39-37-35-32-26-24-22-20-18-16-14-12-10-8-6-4-2)59-91-75-71(89)68(86)73(63(57-80)93-75)96-77-72(90)69(87)74(64(58-81)94-77)95-76-70(88)67(85)66(84)62(56-79)92-76/h6,8,12,14,18,20,24,26,35,37,41,43,47,49,60-64,66-77,79-82,84-90H,3-5,7,9-11,13,15-17,19,21-23,25,27-34,36,38-40,42,44-46,48,50-59H2,1-2H3,(H,78,83)/b8-6-,14-12-,20-18-,26-24-,37-35-,43-41-,49-47-. The van der Waals surface area contributed by atoms with Crippen molar-refractivity contribution in [1.29, 1.82) is 0 Å². The number of carbonyl (C=O) groups is 1. The van der Waals surface area contributed by atoms with Crippen molar-refractivity contribution in [2.24, 2.45) is 0 Å². The molecule has 3 fully saturated rings. The number of hydrogen-bond acceptors (Lipinski definition) is 18. The second-order valence-corrected chi connectivity index (χ2v) is 26.7. The predicted molar refractivity (Wildman–Crippen MR) is 378 cm³/mol. The summed E-state index contributed by atoms with van der Waals surface area (Å²) in [6, 6.07) is -0.926. The van der Waals surface area contributed by atoms with Gasteiger partial charge in [0.25, 0.3) is 0 Å². The Hall–Kier alpha value is -3.03. The van der Waals surface area contributed by atoms with E-state index in [0.29, 0.717) is 25.7 Å². The summed E-state index contributed by atoms with van der Waals surface area (Å²) in [6.45, 7) is 1.66. The van der Waals surface area contributed by atoms with Gasteiger partial charge >= 0.3 is 0 Å². The highest BCUT2D eigenvalue weighted by Crippen LogP contribution is 2.33. The van der Waals surface area contributed by atoms with Crippen molar-refractivity contribution < 1.29 is 89.4 Å². The van der Waals surface area contributed by atoms with E-state index < -0.39 is 124 Å². The molecule has 0 aromatic heterocycles. The topological polar surface area (TPSA) is 307 Å². The molecule has 3 aliphatic heterocycles. The molecule has 3 saturated heterocycles. The zero-order chi connectivity index (χ0) is 69.6. The van der Waals surface area contributed by atoms with E-state index in [1.54, 1.807) is 0 Å². The lowest BCUT2D eigenvalue weighted by molar-refractivity contribution is -0.379. The maximum Gasteiger partial charge on any atom is 0.220 e. The van der Waals surface area contributed by atoms with Crippen molar-refractivity contribution in [2.75, 3.05) is 26.4 Å². The summed E-state index contributed by atoms with van der Waals surface area (Å²) in [6.07, 6.45) is 48.2. The molecule has 0 bridgehead atoms. The van der Waals surface area contributed by atoms with Crippen LogP contribution >= 0.6 is 0 Å². The Morgan fingerprint density at radius 2 is 0.708 bits per heavy atom. The highest BCUT2D eigenvalue weighted by Gasteiger charge is 2.53. The fraction of sp³-hybridized carbons (Fsp3) is 0.805. The first-order valence-corrected chi connectivity index (χ1v) is 37.8. The summed E-state index contributed by atoms with van der Waals surface area (Å²) in [4.78, 5) is 13.4. The van der Waals surface area contributed by atoms with E-state index in [9.17, 15) is 61.0 Å². The molecule has 3 heterocycles. The van der Waals surface area contributed by atoms with Crippen LogP contribution in [0.25, 0.3) is 0 Å². The van der Waals surface area contributed by atoms with Crippen molar-refractivity contribution in [2.45, 2.75) is 369 Å². The largest absolute Gasteiger partial charge is 0.394 e. The van der Waals surface area contributed by atoms with Gasteiger partial charge in [-0.1, -0.05) is 279 Å². The van der Waals surface area contributed by atoms with E-state index in [0.717, 1.165) is 64.2 Å². The Bertz CT molecular complexity index is 2070. The molecule has 3 rings (SSSR count). The first-order valence-electron chi connectivity index (χ1n) is 37.8. The molecule has 17 unspecified atom stereocenters. The number of nitrogens with one attached hydrogen (secondary N) is 1. The molecular formula is C77H135NO18. The van der Waals surface area contributed by atoms with E-state index in [-0.39, 0.29) is 18.9 Å². The van der Waals surface area contributed by atoms with Crippen molar-refractivity contribution in [3.05, 3.63) is 85.1 Å². The maximum atomic E-state index is 13.4. The summed E-state index contributed by atoms with van der Waals surface area (Å²) in [7, 11) is 0. The smallest absolute Gasteiger partial charge is 0.220 e. The quantitative estimate of drug-likeness (QED) is 0.0199. The molecule has 19 heteroatoms. The van der Waals surface area contributed by atoms with Crippen LogP contribution in [0.2, 0.25) is 0 Å². The molecule has 0 radical (unpaired) electrons. The monoisotopic (exact) mass is 1360 g/mol. The lowest BCUT2D eigenvalue weighted by atomic mass is 9.96. The van der Waals surface area contributed by atoms with Crippen LogP contribution in [0.5, 0.6) is 0 Å². The van der Waals surface area contributed by atoms with Crippen molar-refractivity contribution in [3.63, 3.8) is 0 Å². The van der Waals surface area contributed by atoms with Gasteiger partial charge in [0, 0.05) is 6.42 Å². The highest BCUT2D eigenvalue weighted by molar-refractivity contribution is 5.76. The minimum Gasteiger partial charge on any atom is -0.394 e. The molecule has 0 aliphatic carbocycles. The number of rotatable bonds is 58. The zero-order valence-electron chi connectivity index (χ0n) is 59.1. The van der Waals surface area contributed by atoms with Crippen molar-refractivity contribution in [1.82, 2.24) is 5.32 Å². The fourth-order valence-electron chi connectivity index (χ4n) is 12.4. The van der Waals surface area contributed by atoms with Crippen LogP contribution in [0.3, 0.4) is 0 Å². The van der Waals surface area contributed by atoms with E-state index in [1.165, 1.54) is 154 Å². The molecule has 19 nitrogen and oxygen atoms in total. The number of unbranched alkanes of at least 4 members (excludes halogenated alkanes) is 28. The van der Waals surface area contributed by atoms with Crippen LogP contribution in [-0.4, -0.2) is 193 Å². The fourth-order valence-corrected chi connectivity index (χ4v) is 12.4. The van der Waals surface area contributed by atoms with Gasteiger partial charge in [-0.3, -0.25) is 4.79 Å². The summed E-state index contributed by atoms with van der Waals surface area (Å²) in [5, 5.41) is 121. The molecule has 0 saturated carbocycles. The second-order valence-electron chi connectivity index (χ2n) is 26.7. The van der Waals surface area contributed by atoms with Gasteiger partial charge in [-0.2, -0.15) is 0 Å². The van der Waals surface area contributed by atoms with Crippen molar-refractivity contribution in [3.8, 4) is 0 Å². The minimum absolute atomic E-state index is 0.182. The number of allylic oxidation sites excluding steroid dienone is 14. The Labute approximate surface area is 578 Å². The average molecular weight is 1360 g/mol. The molecular weight excluding hydrogens is 1230 g/mol. The molecule has 0 aromatic carbocycles. The average Bonchev–Trinajstić information content (AvgIpc) is 0.788.